The number of nitrogens with zero attached hydrogens (tertiary/aromatic N) is 4. The van der Waals surface area contributed by atoms with Gasteiger partial charge in [-0.1, -0.05) is 0 Å². The average molecular weight is 490 g/mol. The summed E-state index contributed by atoms with van der Waals surface area (Å²) in [5.41, 5.74) is 3.53. The number of aliphatic carboxylic acids is 1. The second-order valence-electron chi connectivity index (χ2n) is 6.32. The number of pyridine rings is 1. The van der Waals surface area contributed by atoms with Gasteiger partial charge in [-0.25, -0.2) is 14.8 Å². The van der Waals surface area contributed by atoms with Crippen LogP contribution in [0.5, 0.6) is 0 Å². The van der Waals surface area contributed by atoms with E-state index in [1.807, 2.05) is 42.2 Å². The predicted molar refractivity (Wildman–Crippen MR) is 106 cm³/mol. The molecule has 0 aliphatic heterocycles. The standard InChI is InChI=1S/C16H18BrN5O.C2HF3O2/c1-10-11(2)22(9-20-10)5-4-18-16(23)14-7-12-6-13(17)8-19-15(12)21(14)3;3-2(4,5)1(6)7/h6-9H,4-5H2,1-3H3,(H,18,23);(H,6,7). The number of aryl methyl sites for hydroxylation is 2. The van der Waals surface area contributed by atoms with Crippen LogP contribution in [-0.4, -0.2) is 48.8 Å². The van der Waals surface area contributed by atoms with Gasteiger partial charge in [0, 0.05) is 41.9 Å². The van der Waals surface area contributed by atoms with Crippen LogP contribution in [0.1, 0.15) is 21.9 Å². The number of halogens is 4. The fraction of sp³-hybridized carbons (Fsp3) is 0.333. The molecule has 0 aromatic carbocycles. The van der Waals surface area contributed by atoms with E-state index >= 15 is 0 Å². The Morgan fingerprint density at radius 3 is 2.40 bits per heavy atom. The molecule has 2 N–H and O–H groups in total. The molecule has 1 amide bonds. The number of carboxylic acid groups (broad SMARTS) is 1. The number of alkyl halides is 3. The highest BCUT2D eigenvalue weighted by Gasteiger charge is 2.38. The fourth-order valence-corrected chi connectivity index (χ4v) is 2.91. The molecule has 3 heterocycles. The van der Waals surface area contributed by atoms with Gasteiger partial charge in [0.1, 0.15) is 11.3 Å². The molecule has 0 aliphatic rings. The molecule has 12 heteroatoms. The van der Waals surface area contributed by atoms with E-state index in [0.717, 1.165) is 26.9 Å². The molecule has 0 bridgehead atoms. The molecule has 0 fully saturated rings. The molecule has 0 spiro atoms. The highest BCUT2D eigenvalue weighted by atomic mass is 79.9. The predicted octanol–water partition coefficient (Wildman–Crippen LogP) is 3.21. The number of amides is 1. The fourth-order valence-electron chi connectivity index (χ4n) is 2.56. The second-order valence-corrected chi connectivity index (χ2v) is 7.24. The molecule has 8 nitrogen and oxygen atoms in total. The number of fused-ring (bicyclic) bond motifs is 1. The van der Waals surface area contributed by atoms with Crippen molar-refractivity contribution in [3.63, 3.8) is 0 Å². The first-order valence-corrected chi connectivity index (χ1v) is 9.38. The third-order valence-electron chi connectivity index (χ3n) is 4.29. The van der Waals surface area contributed by atoms with Gasteiger partial charge in [-0.3, -0.25) is 4.79 Å². The third kappa shape index (κ3) is 5.59. The molecule has 3 aromatic heterocycles. The van der Waals surface area contributed by atoms with Crippen LogP contribution in [0.4, 0.5) is 13.2 Å². The van der Waals surface area contributed by atoms with Crippen molar-refractivity contribution in [2.24, 2.45) is 7.05 Å². The van der Waals surface area contributed by atoms with E-state index in [0.29, 0.717) is 18.8 Å². The molecule has 0 saturated carbocycles. The van der Waals surface area contributed by atoms with E-state index in [2.05, 4.69) is 31.2 Å². The highest BCUT2D eigenvalue weighted by Crippen LogP contribution is 2.20. The van der Waals surface area contributed by atoms with Crippen molar-refractivity contribution in [2.75, 3.05) is 6.54 Å². The molecule has 0 unspecified atom stereocenters. The molecule has 162 valence electrons. The van der Waals surface area contributed by atoms with E-state index < -0.39 is 12.1 Å². The summed E-state index contributed by atoms with van der Waals surface area (Å²) in [7, 11) is 1.85. The lowest BCUT2D eigenvalue weighted by Crippen LogP contribution is -2.28. The molecule has 0 radical (unpaired) electrons. The zero-order valence-corrected chi connectivity index (χ0v) is 17.9. The third-order valence-corrected chi connectivity index (χ3v) is 4.73. The van der Waals surface area contributed by atoms with Crippen molar-refractivity contribution >= 4 is 38.8 Å². The molecule has 0 saturated heterocycles. The number of rotatable bonds is 4. The van der Waals surface area contributed by atoms with Crippen LogP contribution in [0.2, 0.25) is 0 Å². The van der Waals surface area contributed by atoms with Crippen molar-refractivity contribution in [3.05, 3.63) is 46.2 Å². The maximum atomic E-state index is 12.4. The summed E-state index contributed by atoms with van der Waals surface area (Å²) in [6.45, 7) is 5.25. The van der Waals surface area contributed by atoms with Gasteiger partial charge in [-0.15, -0.1) is 0 Å². The molecule has 0 atom stereocenters. The summed E-state index contributed by atoms with van der Waals surface area (Å²) in [5.74, 6) is -2.86. The van der Waals surface area contributed by atoms with E-state index in [-0.39, 0.29) is 5.91 Å². The summed E-state index contributed by atoms with van der Waals surface area (Å²) in [5, 5.41) is 11.0. The maximum Gasteiger partial charge on any atom is 0.490 e. The summed E-state index contributed by atoms with van der Waals surface area (Å²) in [4.78, 5) is 29.9. The summed E-state index contributed by atoms with van der Waals surface area (Å²) in [6.07, 6.45) is -1.55. The molecular weight excluding hydrogens is 471 g/mol. The first kappa shape index (κ1) is 23.4. The number of carboxylic acids is 1. The summed E-state index contributed by atoms with van der Waals surface area (Å²) < 4.78 is 36.5. The van der Waals surface area contributed by atoms with E-state index in [4.69, 9.17) is 9.90 Å². The molecular formula is C18H19BrF3N5O3. The van der Waals surface area contributed by atoms with Gasteiger partial charge in [-0.05, 0) is 41.9 Å². The lowest BCUT2D eigenvalue weighted by molar-refractivity contribution is -0.192. The smallest absolute Gasteiger partial charge is 0.475 e. The molecule has 3 aromatic rings. The van der Waals surface area contributed by atoms with Crippen LogP contribution in [0.15, 0.2) is 29.1 Å². The Morgan fingerprint density at radius 1 is 1.23 bits per heavy atom. The lowest BCUT2D eigenvalue weighted by Gasteiger charge is -2.08. The topological polar surface area (TPSA) is 102 Å². The number of aromatic nitrogens is 4. The number of carbonyl (C=O) groups excluding carboxylic acids is 1. The van der Waals surface area contributed by atoms with Crippen LogP contribution in [0, 0.1) is 13.8 Å². The minimum Gasteiger partial charge on any atom is -0.475 e. The van der Waals surface area contributed by atoms with Crippen LogP contribution >= 0.6 is 15.9 Å². The minimum absolute atomic E-state index is 0.101. The van der Waals surface area contributed by atoms with Crippen LogP contribution in [0.3, 0.4) is 0 Å². The van der Waals surface area contributed by atoms with Gasteiger partial charge in [0.15, 0.2) is 0 Å². The van der Waals surface area contributed by atoms with Gasteiger partial charge < -0.3 is 19.6 Å². The Bertz CT molecular complexity index is 1080. The Balaban J connectivity index is 0.000000396. The molecule has 30 heavy (non-hydrogen) atoms. The number of carbonyl (C=O) groups is 2. The average Bonchev–Trinajstić information content (AvgIpc) is 3.15. The number of hydrogen-bond donors (Lipinski definition) is 2. The van der Waals surface area contributed by atoms with Gasteiger partial charge in [-0.2, -0.15) is 13.2 Å². The quantitative estimate of drug-likeness (QED) is 0.585. The van der Waals surface area contributed by atoms with Gasteiger partial charge >= 0.3 is 12.1 Å². The zero-order chi connectivity index (χ0) is 22.6. The first-order chi connectivity index (χ1) is 13.9. The number of imidazole rings is 1. The van der Waals surface area contributed by atoms with Crippen LogP contribution in [-0.2, 0) is 18.4 Å². The normalized spacial score (nSPS) is 11.2. The monoisotopic (exact) mass is 489 g/mol. The van der Waals surface area contributed by atoms with E-state index in [1.54, 1.807) is 12.5 Å². The van der Waals surface area contributed by atoms with E-state index in [9.17, 15) is 18.0 Å². The lowest BCUT2D eigenvalue weighted by atomic mass is 10.3. The number of hydrogen-bond acceptors (Lipinski definition) is 4. The largest absolute Gasteiger partial charge is 0.490 e. The second kappa shape index (κ2) is 9.28. The van der Waals surface area contributed by atoms with E-state index in [1.165, 1.54) is 0 Å². The SMILES string of the molecule is Cc1ncn(CCNC(=O)c2cc3cc(Br)cnc3n2C)c1C.O=C(O)C(F)(F)F. The Labute approximate surface area is 177 Å². The van der Waals surface area contributed by atoms with Gasteiger partial charge in [0.05, 0.1) is 12.0 Å². The number of nitrogens with one attached hydrogen (secondary N) is 1. The van der Waals surface area contributed by atoms with Crippen LogP contribution in [0.25, 0.3) is 11.0 Å². The van der Waals surface area contributed by atoms with Crippen LogP contribution < -0.4 is 5.32 Å². The highest BCUT2D eigenvalue weighted by molar-refractivity contribution is 9.10. The Morgan fingerprint density at radius 2 is 1.87 bits per heavy atom. The van der Waals surface area contributed by atoms with Crippen molar-refractivity contribution in [3.8, 4) is 0 Å². The Hall–Kier alpha value is -2.89. The minimum atomic E-state index is -5.08. The van der Waals surface area contributed by atoms with Crippen molar-refractivity contribution < 1.29 is 27.9 Å². The molecule has 0 aliphatic carbocycles. The maximum absolute atomic E-state index is 12.4. The summed E-state index contributed by atoms with van der Waals surface area (Å²) >= 11 is 3.40. The van der Waals surface area contributed by atoms with Gasteiger partial charge in [0.25, 0.3) is 5.91 Å². The molecule has 3 rings (SSSR count). The summed E-state index contributed by atoms with van der Waals surface area (Å²) in [6, 6.07) is 3.81. The van der Waals surface area contributed by atoms with Crippen molar-refractivity contribution in [2.45, 2.75) is 26.6 Å². The first-order valence-electron chi connectivity index (χ1n) is 8.59. The zero-order valence-electron chi connectivity index (χ0n) is 16.3. The van der Waals surface area contributed by atoms with Crippen molar-refractivity contribution in [1.29, 1.82) is 0 Å². The van der Waals surface area contributed by atoms with Gasteiger partial charge in [0.2, 0.25) is 0 Å². The Kier molecular flexibility index (Phi) is 7.24. The van der Waals surface area contributed by atoms with Crippen molar-refractivity contribution in [1.82, 2.24) is 24.4 Å².